The van der Waals surface area contributed by atoms with Gasteiger partial charge in [0.25, 0.3) is 5.91 Å². The predicted octanol–water partition coefficient (Wildman–Crippen LogP) is 2.55. The first-order valence-corrected chi connectivity index (χ1v) is 10.3. The van der Waals surface area contributed by atoms with Gasteiger partial charge in [-0.25, -0.2) is 0 Å². The quantitative estimate of drug-likeness (QED) is 0.845. The van der Waals surface area contributed by atoms with Gasteiger partial charge in [-0.2, -0.15) is 0 Å². The number of hydrogen-bond acceptors (Lipinski definition) is 4. The number of likely N-dealkylation sites (tertiary alicyclic amines) is 1. The van der Waals surface area contributed by atoms with Crippen LogP contribution in [0.15, 0.2) is 18.2 Å². The van der Waals surface area contributed by atoms with E-state index in [9.17, 15) is 14.4 Å². The number of piperidine rings is 1. The molecule has 3 aliphatic rings. The number of anilines is 2. The van der Waals surface area contributed by atoms with E-state index in [0.717, 1.165) is 45.2 Å². The highest BCUT2D eigenvalue weighted by Crippen LogP contribution is 2.38. The first kappa shape index (κ1) is 18.8. The normalized spacial score (nSPS) is 21.8. The topological polar surface area (TPSA) is 79.0 Å². The van der Waals surface area contributed by atoms with Gasteiger partial charge in [0.2, 0.25) is 11.8 Å². The van der Waals surface area contributed by atoms with Gasteiger partial charge in [0.15, 0.2) is 6.10 Å². The first-order valence-electron chi connectivity index (χ1n) is 10.3. The third kappa shape index (κ3) is 3.84. The molecule has 150 valence electrons. The fraction of sp³-hybridized carbons (Fsp3) is 0.571. The van der Waals surface area contributed by atoms with Crippen molar-refractivity contribution in [1.29, 1.82) is 0 Å². The van der Waals surface area contributed by atoms with Gasteiger partial charge in [-0.05, 0) is 56.7 Å². The highest BCUT2D eigenvalue weighted by molar-refractivity contribution is 6.05. The molecule has 2 aliphatic heterocycles. The Hall–Kier alpha value is -2.57. The molecule has 1 atom stereocenters. The molecule has 7 heteroatoms. The van der Waals surface area contributed by atoms with Crippen molar-refractivity contribution in [1.82, 2.24) is 4.90 Å². The molecule has 1 unspecified atom stereocenters. The van der Waals surface area contributed by atoms with Crippen molar-refractivity contribution in [3.63, 3.8) is 0 Å². The number of amides is 3. The van der Waals surface area contributed by atoms with E-state index in [0.29, 0.717) is 23.5 Å². The number of nitrogens with one attached hydrogen (secondary N) is 1. The van der Waals surface area contributed by atoms with Gasteiger partial charge < -0.3 is 15.0 Å². The lowest BCUT2D eigenvalue weighted by Gasteiger charge is -2.36. The Morgan fingerprint density at radius 2 is 1.93 bits per heavy atom. The highest BCUT2D eigenvalue weighted by atomic mass is 16.5. The fourth-order valence-corrected chi connectivity index (χ4v) is 3.79. The summed E-state index contributed by atoms with van der Waals surface area (Å²) in [7, 11) is 0. The second kappa shape index (κ2) is 7.81. The van der Waals surface area contributed by atoms with Crippen molar-refractivity contribution in [2.45, 2.75) is 51.6 Å². The summed E-state index contributed by atoms with van der Waals surface area (Å²) in [5.41, 5.74) is 1.17. The Kier molecular flexibility index (Phi) is 5.24. The minimum Gasteiger partial charge on any atom is -0.478 e. The van der Waals surface area contributed by atoms with E-state index >= 15 is 0 Å². The van der Waals surface area contributed by atoms with Gasteiger partial charge in [0.1, 0.15) is 12.3 Å². The van der Waals surface area contributed by atoms with Gasteiger partial charge in [-0.15, -0.1) is 0 Å². The van der Waals surface area contributed by atoms with Crippen molar-refractivity contribution in [2.75, 3.05) is 29.9 Å². The minimum absolute atomic E-state index is 0.00498. The third-order valence-electron chi connectivity index (χ3n) is 5.65. The van der Waals surface area contributed by atoms with Crippen LogP contribution in [0.2, 0.25) is 0 Å². The van der Waals surface area contributed by atoms with E-state index in [2.05, 4.69) is 5.32 Å². The van der Waals surface area contributed by atoms with Crippen molar-refractivity contribution in [3.8, 4) is 5.75 Å². The van der Waals surface area contributed by atoms with Gasteiger partial charge in [0.05, 0.1) is 5.69 Å². The maximum absolute atomic E-state index is 12.9. The Bertz CT molecular complexity index is 784. The monoisotopic (exact) mass is 385 g/mol. The van der Waals surface area contributed by atoms with Crippen molar-refractivity contribution in [2.24, 2.45) is 5.92 Å². The molecule has 1 N–H and O–H groups in total. The molecule has 1 aromatic carbocycles. The molecule has 0 radical (unpaired) electrons. The molecule has 1 aliphatic carbocycles. The standard InChI is InChI=1S/C21H27N3O4/c1-2-17-21(27)24(13-19(25)23-10-4-3-5-11-23)16-12-15(8-9-18(16)28-17)22-20(26)14-6-7-14/h8-9,12,14,17H,2-7,10-11,13H2,1H3,(H,22,26). The summed E-state index contributed by atoms with van der Waals surface area (Å²) in [6.45, 7) is 3.39. The summed E-state index contributed by atoms with van der Waals surface area (Å²) in [6.07, 6.45) is 4.95. The van der Waals surface area contributed by atoms with Crippen LogP contribution >= 0.6 is 0 Å². The summed E-state index contributed by atoms with van der Waals surface area (Å²) in [5, 5.41) is 2.90. The zero-order valence-corrected chi connectivity index (χ0v) is 16.3. The van der Waals surface area contributed by atoms with Crippen LogP contribution in [0.1, 0.15) is 45.4 Å². The largest absolute Gasteiger partial charge is 0.478 e. The number of benzene rings is 1. The summed E-state index contributed by atoms with van der Waals surface area (Å²) >= 11 is 0. The number of nitrogens with zero attached hydrogens (tertiary/aromatic N) is 2. The molecule has 7 nitrogen and oxygen atoms in total. The van der Waals surface area contributed by atoms with Crippen molar-refractivity contribution in [3.05, 3.63) is 18.2 Å². The van der Waals surface area contributed by atoms with Gasteiger partial charge >= 0.3 is 0 Å². The van der Waals surface area contributed by atoms with Gasteiger partial charge in [-0.1, -0.05) is 6.92 Å². The number of hydrogen-bond donors (Lipinski definition) is 1. The predicted molar refractivity (Wildman–Crippen MR) is 105 cm³/mol. The molecule has 2 fully saturated rings. The molecule has 1 aromatic rings. The maximum atomic E-state index is 12.9. The molecule has 4 rings (SSSR count). The molecule has 28 heavy (non-hydrogen) atoms. The van der Waals surface area contributed by atoms with Crippen LogP contribution in [-0.2, 0) is 14.4 Å². The molecule has 0 spiro atoms. The van der Waals surface area contributed by atoms with Crippen molar-refractivity contribution < 1.29 is 19.1 Å². The lowest BCUT2D eigenvalue weighted by Crippen LogP contribution is -2.51. The number of ether oxygens (including phenoxy) is 1. The van der Waals surface area contributed by atoms with Crippen LogP contribution in [0, 0.1) is 5.92 Å². The lowest BCUT2D eigenvalue weighted by atomic mass is 10.1. The van der Waals surface area contributed by atoms with E-state index in [1.165, 1.54) is 4.90 Å². The number of rotatable bonds is 5. The van der Waals surface area contributed by atoms with E-state index < -0.39 is 6.10 Å². The zero-order chi connectivity index (χ0) is 19.7. The maximum Gasteiger partial charge on any atom is 0.268 e. The average Bonchev–Trinajstić information content (AvgIpc) is 3.56. The Morgan fingerprint density at radius 3 is 2.61 bits per heavy atom. The van der Waals surface area contributed by atoms with E-state index in [1.807, 2.05) is 11.8 Å². The van der Waals surface area contributed by atoms with Crippen LogP contribution in [0.5, 0.6) is 5.75 Å². The molecule has 3 amide bonds. The molecule has 2 heterocycles. The van der Waals surface area contributed by atoms with E-state index in [4.69, 9.17) is 4.74 Å². The molecular formula is C21H27N3O4. The van der Waals surface area contributed by atoms with Crippen LogP contribution in [0.4, 0.5) is 11.4 Å². The molecule has 0 aromatic heterocycles. The van der Waals surface area contributed by atoms with E-state index in [1.54, 1.807) is 18.2 Å². The smallest absolute Gasteiger partial charge is 0.268 e. The first-order chi connectivity index (χ1) is 13.6. The lowest BCUT2D eigenvalue weighted by molar-refractivity contribution is -0.134. The van der Waals surface area contributed by atoms with Crippen LogP contribution in [-0.4, -0.2) is 48.4 Å². The molecule has 1 saturated heterocycles. The summed E-state index contributed by atoms with van der Waals surface area (Å²) in [4.78, 5) is 41.2. The molecule has 1 saturated carbocycles. The molecule has 0 bridgehead atoms. The number of carbonyl (C=O) groups excluding carboxylic acids is 3. The number of fused-ring (bicyclic) bond motifs is 1. The zero-order valence-electron chi connectivity index (χ0n) is 16.3. The summed E-state index contributed by atoms with van der Waals surface area (Å²) in [6, 6.07) is 5.29. The van der Waals surface area contributed by atoms with Crippen LogP contribution < -0.4 is 15.0 Å². The SMILES string of the molecule is CCC1Oc2ccc(NC(=O)C3CC3)cc2N(CC(=O)N2CCCCC2)C1=O. The third-order valence-corrected chi connectivity index (χ3v) is 5.65. The van der Waals surface area contributed by atoms with Crippen LogP contribution in [0.3, 0.4) is 0 Å². The Morgan fingerprint density at radius 1 is 1.18 bits per heavy atom. The second-order valence-electron chi connectivity index (χ2n) is 7.83. The molecular weight excluding hydrogens is 358 g/mol. The minimum atomic E-state index is -0.589. The second-order valence-corrected chi connectivity index (χ2v) is 7.83. The fourth-order valence-electron chi connectivity index (χ4n) is 3.79. The van der Waals surface area contributed by atoms with Gasteiger partial charge in [0, 0.05) is 24.7 Å². The summed E-state index contributed by atoms with van der Waals surface area (Å²) in [5.74, 6) is 0.428. The Labute approximate surface area is 165 Å². The Balaban J connectivity index is 1.57. The van der Waals surface area contributed by atoms with Crippen LogP contribution in [0.25, 0.3) is 0 Å². The highest BCUT2D eigenvalue weighted by Gasteiger charge is 2.36. The van der Waals surface area contributed by atoms with Crippen molar-refractivity contribution >= 4 is 29.1 Å². The van der Waals surface area contributed by atoms with Gasteiger partial charge in [-0.3, -0.25) is 19.3 Å². The average molecular weight is 385 g/mol. The number of carbonyl (C=O) groups is 3. The summed E-state index contributed by atoms with van der Waals surface area (Å²) < 4.78 is 5.84. The van der Waals surface area contributed by atoms with E-state index in [-0.39, 0.29) is 30.2 Å².